The molecule has 0 aliphatic rings. The lowest BCUT2D eigenvalue weighted by atomic mass is 10.2. The lowest BCUT2D eigenvalue weighted by Crippen LogP contribution is -2.36. The fourth-order valence-corrected chi connectivity index (χ4v) is 1.82. The minimum Gasteiger partial charge on any atom is -0.480 e. The summed E-state index contributed by atoms with van der Waals surface area (Å²) in [6.07, 6.45) is 1.68. The SMILES string of the molecule is O=C(O)CN(C(=O)Cc1ccccn1)c1ccccc1. The van der Waals surface area contributed by atoms with Gasteiger partial charge in [0.25, 0.3) is 0 Å². The summed E-state index contributed by atoms with van der Waals surface area (Å²) < 4.78 is 0. The third-order valence-electron chi connectivity index (χ3n) is 2.72. The van der Waals surface area contributed by atoms with Crippen molar-refractivity contribution in [1.29, 1.82) is 0 Å². The van der Waals surface area contributed by atoms with E-state index < -0.39 is 5.97 Å². The van der Waals surface area contributed by atoms with E-state index in [1.165, 1.54) is 4.90 Å². The van der Waals surface area contributed by atoms with Crippen molar-refractivity contribution >= 4 is 17.6 Å². The Morgan fingerprint density at radius 3 is 2.35 bits per heavy atom. The second kappa shape index (κ2) is 6.47. The Morgan fingerprint density at radius 1 is 1.05 bits per heavy atom. The number of carbonyl (C=O) groups excluding carboxylic acids is 1. The number of hydrogen-bond donors (Lipinski definition) is 1. The van der Waals surface area contributed by atoms with Crippen molar-refractivity contribution in [2.45, 2.75) is 6.42 Å². The van der Waals surface area contributed by atoms with Crippen molar-refractivity contribution < 1.29 is 14.7 Å². The molecule has 0 bridgehead atoms. The third kappa shape index (κ3) is 3.65. The van der Waals surface area contributed by atoms with E-state index in [0.29, 0.717) is 11.4 Å². The molecule has 1 N–H and O–H groups in total. The van der Waals surface area contributed by atoms with Crippen molar-refractivity contribution in [3.63, 3.8) is 0 Å². The first-order valence-corrected chi connectivity index (χ1v) is 6.14. The van der Waals surface area contributed by atoms with Crippen molar-refractivity contribution in [2.24, 2.45) is 0 Å². The number of aromatic nitrogens is 1. The molecule has 20 heavy (non-hydrogen) atoms. The van der Waals surface area contributed by atoms with E-state index in [0.717, 1.165) is 0 Å². The molecule has 0 fully saturated rings. The smallest absolute Gasteiger partial charge is 0.323 e. The standard InChI is InChI=1S/C15H14N2O3/c18-14(10-12-6-4-5-9-16-12)17(11-15(19)20)13-7-2-1-3-8-13/h1-9H,10-11H2,(H,19,20). The van der Waals surface area contributed by atoms with Crippen LogP contribution in [0.15, 0.2) is 54.7 Å². The molecule has 0 radical (unpaired) electrons. The van der Waals surface area contributed by atoms with Crippen LogP contribution < -0.4 is 4.90 Å². The summed E-state index contributed by atoms with van der Waals surface area (Å²) in [5, 5.41) is 8.95. The van der Waals surface area contributed by atoms with E-state index in [-0.39, 0.29) is 18.9 Å². The summed E-state index contributed by atoms with van der Waals surface area (Å²) in [5.41, 5.74) is 1.18. The highest BCUT2D eigenvalue weighted by Gasteiger charge is 2.19. The largest absolute Gasteiger partial charge is 0.480 e. The Kier molecular flexibility index (Phi) is 4.44. The highest BCUT2D eigenvalue weighted by molar-refractivity contribution is 5.98. The van der Waals surface area contributed by atoms with Crippen LogP contribution in [0.2, 0.25) is 0 Å². The van der Waals surface area contributed by atoms with Crippen LogP contribution in [-0.4, -0.2) is 28.5 Å². The number of benzene rings is 1. The molecule has 0 aliphatic heterocycles. The number of carboxylic acid groups (broad SMARTS) is 1. The molecule has 5 heteroatoms. The molecule has 1 aromatic heterocycles. The lowest BCUT2D eigenvalue weighted by molar-refractivity contribution is -0.136. The van der Waals surface area contributed by atoms with Crippen LogP contribution in [0.5, 0.6) is 0 Å². The molecule has 5 nitrogen and oxygen atoms in total. The first-order chi connectivity index (χ1) is 9.66. The van der Waals surface area contributed by atoms with Crippen LogP contribution in [0.4, 0.5) is 5.69 Å². The van der Waals surface area contributed by atoms with Gasteiger partial charge in [0.05, 0.1) is 6.42 Å². The van der Waals surface area contributed by atoms with Gasteiger partial charge in [-0.1, -0.05) is 24.3 Å². The molecule has 0 aliphatic carbocycles. The molecule has 0 saturated heterocycles. The van der Waals surface area contributed by atoms with Crippen molar-refractivity contribution in [2.75, 3.05) is 11.4 Å². The van der Waals surface area contributed by atoms with E-state index in [2.05, 4.69) is 4.98 Å². The maximum absolute atomic E-state index is 12.3. The Balaban J connectivity index is 2.18. The van der Waals surface area contributed by atoms with Crippen LogP contribution >= 0.6 is 0 Å². The van der Waals surface area contributed by atoms with Gasteiger partial charge in [0.1, 0.15) is 6.54 Å². The van der Waals surface area contributed by atoms with Crippen LogP contribution in [0, 0.1) is 0 Å². The number of carbonyl (C=O) groups is 2. The highest BCUT2D eigenvalue weighted by Crippen LogP contribution is 2.14. The Morgan fingerprint density at radius 2 is 1.75 bits per heavy atom. The molecule has 2 rings (SSSR count). The van der Waals surface area contributed by atoms with Gasteiger partial charge >= 0.3 is 5.97 Å². The van der Waals surface area contributed by atoms with Crippen molar-refractivity contribution in [3.05, 3.63) is 60.4 Å². The van der Waals surface area contributed by atoms with E-state index in [9.17, 15) is 9.59 Å². The number of amides is 1. The van der Waals surface area contributed by atoms with Gasteiger partial charge in [-0.05, 0) is 24.3 Å². The first kappa shape index (κ1) is 13.7. The third-order valence-corrected chi connectivity index (χ3v) is 2.72. The van der Waals surface area contributed by atoms with Crippen molar-refractivity contribution in [3.8, 4) is 0 Å². The molecule has 1 heterocycles. The minimum atomic E-state index is -1.05. The first-order valence-electron chi connectivity index (χ1n) is 6.14. The summed E-state index contributed by atoms with van der Waals surface area (Å²) in [6, 6.07) is 14.0. The molecule has 0 spiro atoms. The van der Waals surface area contributed by atoms with Crippen LogP contribution in [0.1, 0.15) is 5.69 Å². The summed E-state index contributed by atoms with van der Waals surface area (Å²) >= 11 is 0. The molecule has 102 valence electrons. The zero-order valence-corrected chi connectivity index (χ0v) is 10.8. The second-order valence-electron chi connectivity index (χ2n) is 4.21. The summed E-state index contributed by atoms with van der Waals surface area (Å²) in [4.78, 5) is 28.5. The highest BCUT2D eigenvalue weighted by atomic mass is 16.4. The quantitative estimate of drug-likeness (QED) is 0.898. The van der Waals surface area contributed by atoms with Gasteiger partial charge in [0, 0.05) is 17.6 Å². The van der Waals surface area contributed by atoms with Crippen molar-refractivity contribution in [1.82, 2.24) is 4.98 Å². The van der Waals surface area contributed by atoms with E-state index in [4.69, 9.17) is 5.11 Å². The van der Waals surface area contributed by atoms with Crippen LogP contribution in [0.25, 0.3) is 0 Å². The summed E-state index contributed by atoms with van der Waals surface area (Å²) in [5.74, 6) is -1.35. The number of carboxylic acids is 1. The van der Waals surface area contributed by atoms with Gasteiger partial charge in [0.2, 0.25) is 5.91 Å². The molecule has 0 saturated carbocycles. The van der Waals surface area contributed by atoms with E-state index in [1.807, 2.05) is 6.07 Å². The molecular weight excluding hydrogens is 256 g/mol. The van der Waals surface area contributed by atoms with Gasteiger partial charge in [0.15, 0.2) is 0 Å². The van der Waals surface area contributed by atoms with E-state index in [1.54, 1.807) is 48.7 Å². The second-order valence-corrected chi connectivity index (χ2v) is 4.21. The monoisotopic (exact) mass is 270 g/mol. The number of pyridine rings is 1. The van der Waals surface area contributed by atoms with E-state index >= 15 is 0 Å². The Labute approximate surface area is 116 Å². The maximum atomic E-state index is 12.3. The number of para-hydroxylation sites is 1. The zero-order chi connectivity index (χ0) is 14.4. The van der Waals surface area contributed by atoms with Gasteiger partial charge in [-0.2, -0.15) is 0 Å². The molecule has 0 unspecified atom stereocenters. The molecular formula is C15H14N2O3. The van der Waals surface area contributed by atoms with Gasteiger partial charge in [-0.15, -0.1) is 0 Å². The Bertz CT molecular complexity index is 585. The fraction of sp³-hybridized carbons (Fsp3) is 0.133. The average Bonchev–Trinajstić information content (AvgIpc) is 2.46. The predicted octanol–water partition coefficient (Wildman–Crippen LogP) is 1.74. The minimum absolute atomic E-state index is 0.0724. The summed E-state index contributed by atoms with van der Waals surface area (Å²) in [7, 11) is 0. The lowest BCUT2D eigenvalue weighted by Gasteiger charge is -2.20. The summed E-state index contributed by atoms with van der Waals surface area (Å²) in [6.45, 7) is -0.365. The number of rotatable bonds is 5. The van der Waals surface area contributed by atoms with Gasteiger partial charge in [-0.25, -0.2) is 0 Å². The fourth-order valence-electron chi connectivity index (χ4n) is 1.82. The maximum Gasteiger partial charge on any atom is 0.323 e. The van der Waals surface area contributed by atoms with Crippen LogP contribution in [-0.2, 0) is 16.0 Å². The predicted molar refractivity (Wildman–Crippen MR) is 74.4 cm³/mol. The van der Waals surface area contributed by atoms with Crippen LogP contribution in [0.3, 0.4) is 0 Å². The molecule has 1 amide bonds. The number of anilines is 1. The molecule has 0 atom stereocenters. The Hall–Kier alpha value is -2.69. The molecule has 2 aromatic rings. The number of aliphatic carboxylic acids is 1. The number of hydrogen-bond acceptors (Lipinski definition) is 3. The topological polar surface area (TPSA) is 70.5 Å². The number of nitrogens with zero attached hydrogens (tertiary/aromatic N) is 2. The van der Waals surface area contributed by atoms with Gasteiger partial charge in [-0.3, -0.25) is 14.6 Å². The normalized spacial score (nSPS) is 10.0. The average molecular weight is 270 g/mol. The molecule has 1 aromatic carbocycles. The zero-order valence-electron chi connectivity index (χ0n) is 10.8. The van der Waals surface area contributed by atoms with Gasteiger partial charge < -0.3 is 10.0 Å².